The van der Waals surface area contributed by atoms with Gasteiger partial charge in [-0.15, -0.1) is 0 Å². The molecule has 0 amide bonds. The maximum atomic E-state index is 13.4. The van der Waals surface area contributed by atoms with Gasteiger partial charge in [-0.1, -0.05) is 6.92 Å². The van der Waals surface area contributed by atoms with Crippen molar-refractivity contribution in [2.75, 3.05) is 13.7 Å². The third-order valence-corrected chi connectivity index (χ3v) is 10.5. The fourth-order valence-electron chi connectivity index (χ4n) is 9.14. The van der Waals surface area contributed by atoms with Crippen molar-refractivity contribution in [3.63, 3.8) is 0 Å². The van der Waals surface area contributed by atoms with E-state index in [1.807, 2.05) is 38.0 Å². The third kappa shape index (κ3) is 3.50. The number of carbonyl (C=O) groups is 1. The number of Topliss-reactive ketones (excluding diaryl/α,β-unsaturated/α-hetero) is 1. The third-order valence-electron chi connectivity index (χ3n) is 10.5. The van der Waals surface area contributed by atoms with Crippen LogP contribution in [0.1, 0.15) is 77.2 Å². The minimum Gasteiger partial charge on any atom is -0.390 e. The summed E-state index contributed by atoms with van der Waals surface area (Å²) in [6.07, 6.45) is 13.8. The highest BCUT2D eigenvalue weighted by Gasteiger charge is 2.63. The number of hydrogen-bond acceptors (Lipinski definition) is 4. The van der Waals surface area contributed by atoms with Crippen LogP contribution in [0.15, 0.2) is 12.4 Å². The number of aliphatic hydroxyl groups is 1. The van der Waals surface area contributed by atoms with Crippen molar-refractivity contribution in [2.45, 2.75) is 90.7 Å². The van der Waals surface area contributed by atoms with Crippen LogP contribution in [0.3, 0.4) is 0 Å². The minimum atomic E-state index is -0.520. The van der Waals surface area contributed by atoms with Gasteiger partial charge in [0.25, 0.3) is 0 Å². The Morgan fingerprint density at radius 1 is 1.16 bits per heavy atom. The normalized spacial score (nSPS) is 45.7. The van der Waals surface area contributed by atoms with E-state index in [4.69, 9.17) is 4.74 Å². The fourth-order valence-corrected chi connectivity index (χ4v) is 9.14. The van der Waals surface area contributed by atoms with Crippen molar-refractivity contribution >= 4 is 5.78 Å². The molecular weight excluding hydrogens is 400 g/mol. The second-order valence-electron chi connectivity index (χ2n) is 12.4. The Morgan fingerprint density at radius 3 is 2.69 bits per heavy atom. The van der Waals surface area contributed by atoms with E-state index in [0.717, 1.165) is 44.3 Å². The molecule has 0 unspecified atom stereocenters. The van der Waals surface area contributed by atoms with Crippen LogP contribution in [-0.2, 0) is 16.1 Å². The van der Waals surface area contributed by atoms with E-state index in [0.29, 0.717) is 36.0 Å². The van der Waals surface area contributed by atoms with Crippen LogP contribution in [0, 0.1) is 47.3 Å². The van der Waals surface area contributed by atoms with Crippen LogP contribution < -0.4 is 0 Å². The molecule has 0 aliphatic heterocycles. The molecule has 1 heterocycles. The number of methoxy groups -OCH3 is 1. The van der Waals surface area contributed by atoms with Crippen molar-refractivity contribution in [2.24, 2.45) is 40.4 Å². The Labute approximate surface area is 193 Å². The number of aryl methyl sites for hydroxylation is 1. The highest BCUT2D eigenvalue weighted by molar-refractivity contribution is 5.82. The molecule has 5 nitrogen and oxygen atoms in total. The summed E-state index contributed by atoms with van der Waals surface area (Å²) in [5.74, 6) is 3.14. The maximum absolute atomic E-state index is 13.4. The molecule has 0 bridgehead atoms. The molecule has 0 aromatic carbocycles. The molecule has 4 aliphatic carbocycles. The van der Waals surface area contributed by atoms with Crippen molar-refractivity contribution in [1.82, 2.24) is 9.78 Å². The number of aromatic nitrogens is 2. The van der Waals surface area contributed by atoms with Gasteiger partial charge >= 0.3 is 0 Å². The highest BCUT2D eigenvalue weighted by atomic mass is 16.5. The molecular formula is C27H42N2O3. The first-order chi connectivity index (χ1) is 15.2. The molecule has 1 aromatic heterocycles. The number of fused-ring (bicyclic) bond motifs is 5. The van der Waals surface area contributed by atoms with Gasteiger partial charge in [-0.2, -0.15) is 5.10 Å². The van der Waals surface area contributed by atoms with Crippen LogP contribution in [-0.4, -0.2) is 40.0 Å². The number of carbonyl (C=O) groups excluding carboxylic acids is 1. The number of hydrogen-bond donors (Lipinski definition) is 1. The molecule has 32 heavy (non-hydrogen) atoms. The molecule has 178 valence electrons. The Morgan fingerprint density at radius 2 is 1.97 bits per heavy atom. The van der Waals surface area contributed by atoms with Gasteiger partial charge < -0.3 is 9.84 Å². The zero-order valence-electron chi connectivity index (χ0n) is 20.5. The molecule has 4 fully saturated rings. The van der Waals surface area contributed by atoms with E-state index in [9.17, 15) is 9.90 Å². The van der Waals surface area contributed by atoms with Crippen LogP contribution in [0.5, 0.6) is 0 Å². The van der Waals surface area contributed by atoms with E-state index >= 15 is 0 Å². The lowest BCUT2D eigenvalue weighted by Crippen LogP contribution is -2.58. The van der Waals surface area contributed by atoms with Crippen LogP contribution in [0.2, 0.25) is 0 Å². The van der Waals surface area contributed by atoms with Gasteiger partial charge in [0.1, 0.15) is 0 Å². The Hall–Kier alpha value is -1.20. The van der Waals surface area contributed by atoms with E-state index in [1.54, 1.807) is 0 Å². The standard InChI is InChI=1S/C27H42N2O3/c1-18-14-28-29(15-18)16-24(30)23-8-7-21-20-6-5-19-13-25(2,31)11-12-27(19,17-32-4)22(20)9-10-26(21,23)3/h14-15,19-23,31H,5-13,16-17H2,1-4H3/t19-,20-,21-,22-,23+,25+,26-,27+/m0/s1. The summed E-state index contributed by atoms with van der Waals surface area (Å²) in [5, 5.41) is 15.2. The van der Waals surface area contributed by atoms with Crippen molar-refractivity contribution in [3.05, 3.63) is 18.0 Å². The minimum absolute atomic E-state index is 0.127. The topological polar surface area (TPSA) is 64.3 Å². The van der Waals surface area contributed by atoms with Crippen molar-refractivity contribution < 1.29 is 14.6 Å². The van der Waals surface area contributed by atoms with Gasteiger partial charge in [0, 0.05) is 19.2 Å². The van der Waals surface area contributed by atoms with E-state index in [1.165, 1.54) is 25.7 Å². The lowest BCUT2D eigenvalue weighted by atomic mass is 9.43. The fraction of sp³-hybridized carbons (Fsp3) is 0.852. The molecule has 0 spiro atoms. The summed E-state index contributed by atoms with van der Waals surface area (Å²) >= 11 is 0. The van der Waals surface area contributed by atoms with Gasteiger partial charge in [0.2, 0.25) is 0 Å². The smallest absolute Gasteiger partial charge is 0.157 e. The Bertz CT molecular complexity index is 863. The van der Waals surface area contributed by atoms with Crippen LogP contribution in [0.4, 0.5) is 0 Å². The van der Waals surface area contributed by atoms with Crippen LogP contribution in [0.25, 0.3) is 0 Å². The average molecular weight is 443 g/mol. The number of rotatable bonds is 5. The zero-order chi connectivity index (χ0) is 22.7. The number of nitrogens with zero attached hydrogens (tertiary/aromatic N) is 2. The molecule has 4 aliphatic rings. The Balaban J connectivity index is 1.37. The first-order valence-electron chi connectivity index (χ1n) is 12.9. The summed E-state index contributed by atoms with van der Waals surface area (Å²) in [5.41, 5.74) is 0.936. The van der Waals surface area contributed by atoms with Gasteiger partial charge in [0.05, 0.1) is 24.9 Å². The van der Waals surface area contributed by atoms with Gasteiger partial charge in [-0.25, -0.2) is 0 Å². The van der Waals surface area contributed by atoms with E-state index < -0.39 is 5.60 Å². The van der Waals surface area contributed by atoms with Crippen molar-refractivity contribution in [3.8, 4) is 0 Å². The van der Waals surface area contributed by atoms with E-state index in [-0.39, 0.29) is 16.7 Å². The van der Waals surface area contributed by atoms with Gasteiger partial charge in [-0.3, -0.25) is 9.48 Å². The SMILES string of the molecule is COC[C@]12CC[C@@](C)(O)C[C@@H]1CC[C@H]1[C@@H]3CC[C@H](C(=O)Cn4cc(C)cn4)[C@@]3(C)CC[C@@H]12. The number of ketones is 1. The Kier molecular flexibility index (Phi) is 5.60. The molecule has 5 heteroatoms. The monoisotopic (exact) mass is 442 g/mol. The second kappa shape index (κ2) is 7.94. The summed E-state index contributed by atoms with van der Waals surface area (Å²) < 4.78 is 7.70. The zero-order valence-corrected chi connectivity index (χ0v) is 20.5. The van der Waals surface area contributed by atoms with Crippen molar-refractivity contribution in [1.29, 1.82) is 0 Å². The molecule has 0 radical (unpaired) electrons. The lowest BCUT2D eigenvalue weighted by Gasteiger charge is -2.62. The van der Waals surface area contributed by atoms with Gasteiger partial charge in [0.15, 0.2) is 5.78 Å². The highest BCUT2D eigenvalue weighted by Crippen LogP contribution is 2.68. The molecule has 5 rings (SSSR count). The largest absolute Gasteiger partial charge is 0.390 e. The molecule has 0 saturated heterocycles. The quantitative estimate of drug-likeness (QED) is 0.712. The van der Waals surface area contributed by atoms with E-state index in [2.05, 4.69) is 12.0 Å². The summed E-state index contributed by atoms with van der Waals surface area (Å²) in [4.78, 5) is 13.4. The molecule has 1 aromatic rings. The molecule has 1 N–H and O–H groups in total. The maximum Gasteiger partial charge on any atom is 0.157 e. The summed E-state index contributed by atoms with van der Waals surface area (Å²) in [6, 6.07) is 0. The lowest BCUT2D eigenvalue weighted by molar-refractivity contribution is -0.175. The number of ether oxygens (including phenoxy) is 1. The summed E-state index contributed by atoms with van der Waals surface area (Å²) in [7, 11) is 1.86. The van der Waals surface area contributed by atoms with Crippen LogP contribution >= 0.6 is 0 Å². The predicted molar refractivity (Wildman–Crippen MR) is 124 cm³/mol. The molecule has 8 atom stereocenters. The average Bonchev–Trinajstić information content (AvgIpc) is 3.30. The molecule has 4 saturated carbocycles. The van der Waals surface area contributed by atoms with Gasteiger partial charge in [-0.05, 0) is 112 Å². The first kappa shape index (κ1) is 22.6. The second-order valence-corrected chi connectivity index (χ2v) is 12.4. The summed E-state index contributed by atoms with van der Waals surface area (Å²) in [6.45, 7) is 7.73. The predicted octanol–water partition coefficient (Wildman–Crippen LogP) is 4.80. The first-order valence-corrected chi connectivity index (χ1v) is 12.9.